The molecule has 0 bridgehead atoms. The van der Waals surface area contributed by atoms with Crippen LogP contribution in [0.5, 0.6) is 11.5 Å². The zero-order valence-corrected chi connectivity index (χ0v) is 13.6. The van der Waals surface area contributed by atoms with E-state index >= 15 is 0 Å². The Bertz CT molecular complexity index is 634. The number of hydrogen-bond donors (Lipinski definition) is 2. The molecule has 2 aromatic carbocycles. The van der Waals surface area contributed by atoms with Gasteiger partial charge in [0.2, 0.25) is 0 Å². The summed E-state index contributed by atoms with van der Waals surface area (Å²) < 4.78 is 7.15. The van der Waals surface area contributed by atoms with Gasteiger partial charge >= 0.3 is 0 Å². The van der Waals surface area contributed by atoms with Crippen LogP contribution in [0, 0.1) is 0 Å². The van der Waals surface area contributed by atoms with Gasteiger partial charge in [-0.1, -0.05) is 18.2 Å². The van der Waals surface area contributed by atoms with Crippen molar-refractivity contribution in [2.75, 3.05) is 6.61 Å². The Kier molecular flexibility index (Phi) is 3.75. The molecule has 0 unspecified atom stereocenters. The first-order valence-corrected chi connectivity index (χ1v) is 7.74. The number of aliphatic hydroxyl groups is 1. The van der Waals surface area contributed by atoms with Gasteiger partial charge in [0, 0.05) is 5.56 Å². The monoisotopic (exact) mass is 398 g/mol. The molecular weight excluding hydrogens is 388 g/mol. The van der Waals surface area contributed by atoms with Crippen LogP contribution in [0.15, 0.2) is 45.3 Å². The molecular formula is C15H12Br2O3. The van der Waals surface area contributed by atoms with Crippen LogP contribution in [0.1, 0.15) is 23.1 Å². The van der Waals surface area contributed by atoms with Gasteiger partial charge in [0.1, 0.15) is 17.6 Å². The quantitative estimate of drug-likeness (QED) is 0.798. The summed E-state index contributed by atoms with van der Waals surface area (Å²) in [5, 5.41) is 19.5. The van der Waals surface area contributed by atoms with E-state index in [0.717, 1.165) is 16.9 Å². The van der Waals surface area contributed by atoms with Crippen molar-refractivity contribution in [3.05, 3.63) is 56.5 Å². The minimum Gasteiger partial charge on any atom is -0.506 e. The second-order valence-corrected chi connectivity index (χ2v) is 6.41. The van der Waals surface area contributed by atoms with E-state index < -0.39 is 0 Å². The van der Waals surface area contributed by atoms with Crippen LogP contribution in [0.4, 0.5) is 0 Å². The molecule has 2 aromatic rings. The zero-order chi connectivity index (χ0) is 14.3. The number of halogens is 2. The molecule has 2 N–H and O–H groups in total. The lowest BCUT2D eigenvalue weighted by Gasteiger charge is -2.18. The van der Waals surface area contributed by atoms with Gasteiger partial charge in [-0.25, -0.2) is 0 Å². The number of phenols is 1. The first-order chi connectivity index (χ1) is 9.61. The van der Waals surface area contributed by atoms with Gasteiger partial charge in [0.25, 0.3) is 0 Å². The zero-order valence-electron chi connectivity index (χ0n) is 10.4. The van der Waals surface area contributed by atoms with Crippen LogP contribution >= 0.6 is 31.9 Å². The van der Waals surface area contributed by atoms with Crippen LogP contribution in [0.2, 0.25) is 0 Å². The standard InChI is InChI=1S/C15H12Br2O3/c16-11-5-8(6-12(17)14(11)19)15-10(7-18)9-3-1-2-4-13(9)20-15/h1-6,10,15,18-19H,7H2/t10-,15+/m0/s1. The maximum absolute atomic E-state index is 9.79. The van der Waals surface area contributed by atoms with Crippen molar-refractivity contribution in [2.45, 2.75) is 12.0 Å². The Balaban J connectivity index is 2.04. The number of phenolic OH excluding ortho intramolecular Hbond substituents is 1. The Morgan fingerprint density at radius 3 is 2.40 bits per heavy atom. The lowest BCUT2D eigenvalue weighted by molar-refractivity contribution is 0.160. The summed E-state index contributed by atoms with van der Waals surface area (Å²) in [4.78, 5) is 0. The highest BCUT2D eigenvalue weighted by molar-refractivity contribution is 9.11. The summed E-state index contributed by atoms with van der Waals surface area (Å²) in [6.45, 7) is 0.0117. The predicted molar refractivity (Wildman–Crippen MR) is 83.1 cm³/mol. The molecule has 0 amide bonds. The van der Waals surface area contributed by atoms with Crippen LogP contribution < -0.4 is 4.74 Å². The van der Waals surface area contributed by atoms with Crippen molar-refractivity contribution in [1.29, 1.82) is 0 Å². The Morgan fingerprint density at radius 2 is 1.75 bits per heavy atom. The van der Waals surface area contributed by atoms with Gasteiger partial charge in [-0.05, 0) is 55.6 Å². The number of ether oxygens (including phenoxy) is 1. The normalized spacial score (nSPS) is 20.6. The largest absolute Gasteiger partial charge is 0.506 e. The summed E-state index contributed by atoms with van der Waals surface area (Å²) in [6.07, 6.45) is -0.259. The van der Waals surface area contributed by atoms with Crippen molar-refractivity contribution in [1.82, 2.24) is 0 Å². The summed E-state index contributed by atoms with van der Waals surface area (Å²) >= 11 is 6.65. The third-order valence-electron chi connectivity index (χ3n) is 3.50. The number of para-hydroxylation sites is 1. The molecule has 0 aromatic heterocycles. The molecule has 1 aliphatic heterocycles. The first-order valence-electron chi connectivity index (χ1n) is 6.16. The van der Waals surface area contributed by atoms with Crippen LogP contribution in [0.3, 0.4) is 0 Å². The fraction of sp³-hybridized carbons (Fsp3) is 0.200. The smallest absolute Gasteiger partial charge is 0.143 e. The summed E-state index contributed by atoms with van der Waals surface area (Å²) in [5.74, 6) is 0.858. The van der Waals surface area contributed by atoms with Crippen LogP contribution in [-0.2, 0) is 0 Å². The van der Waals surface area contributed by atoms with E-state index in [9.17, 15) is 10.2 Å². The Morgan fingerprint density at radius 1 is 1.10 bits per heavy atom. The number of aromatic hydroxyl groups is 1. The first kappa shape index (κ1) is 13.9. The summed E-state index contributed by atoms with van der Waals surface area (Å²) in [7, 11) is 0. The van der Waals surface area contributed by atoms with Crippen molar-refractivity contribution in [3.63, 3.8) is 0 Å². The molecule has 5 heteroatoms. The van der Waals surface area contributed by atoms with E-state index in [-0.39, 0.29) is 24.4 Å². The Hall–Kier alpha value is -1.04. The lowest BCUT2D eigenvalue weighted by Crippen LogP contribution is -2.13. The third-order valence-corrected chi connectivity index (χ3v) is 4.71. The Labute approximate surface area is 133 Å². The second-order valence-electron chi connectivity index (χ2n) is 4.70. The van der Waals surface area contributed by atoms with Crippen LogP contribution in [-0.4, -0.2) is 16.8 Å². The van der Waals surface area contributed by atoms with Gasteiger partial charge in [-0.15, -0.1) is 0 Å². The maximum Gasteiger partial charge on any atom is 0.143 e. The molecule has 104 valence electrons. The van der Waals surface area contributed by atoms with Crippen molar-refractivity contribution >= 4 is 31.9 Å². The molecule has 0 fully saturated rings. The molecule has 0 saturated heterocycles. The molecule has 20 heavy (non-hydrogen) atoms. The molecule has 0 radical (unpaired) electrons. The maximum atomic E-state index is 9.79. The number of aliphatic hydroxyl groups excluding tert-OH is 1. The topological polar surface area (TPSA) is 49.7 Å². The SMILES string of the molecule is OC[C@H]1c2ccccc2O[C@@H]1c1cc(Br)c(O)c(Br)c1. The number of fused-ring (bicyclic) bond motifs is 1. The van der Waals surface area contributed by atoms with Gasteiger partial charge in [-0.3, -0.25) is 0 Å². The molecule has 0 saturated carbocycles. The summed E-state index contributed by atoms with van der Waals surface area (Å²) in [6, 6.07) is 11.4. The average Bonchev–Trinajstić information content (AvgIpc) is 2.82. The second kappa shape index (κ2) is 5.39. The van der Waals surface area contributed by atoms with Gasteiger partial charge in [-0.2, -0.15) is 0 Å². The van der Waals surface area contributed by atoms with Crippen molar-refractivity contribution < 1.29 is 14.9 Å². The molecule has 3 rings (SSSR count). The molecule has 1 heterocycles. The molecule has 2 atom stereocenters. The third kappa shape index (κ3) is 2.24. The van der Waals surface area contributed by atoms with Crippen molar-refractivity contribution in [3.8, 4) is 11.5 Å². The molecule has 3 nitrogen and oxygen atoms in total. The highest BCUT2D eigenvalue weighted by Gasteiger charge is 2.35. The fourth-order valence-electron chi connectivity index (χ4n) is 2.52. The summed E-state index contributed by atoms with van der Waals surface area (Å²) in [5.41, 5.74) is 1.91. The predicted octanol–water partition coefficient (Wildman–Crippen LogP) is 4.13. The highest BCUT2D eigenvalue weighted by Crippen LogP contribution is 2.47. The van der Waals surface area contributed by atoms with Crippen molar-refractivity contribution in [2.24, 2.45) is 0 Å². The van der Waals surface area contributed by atoms with E-state index in [4.69, 9.17) is 4.74 Å². The minimum atomic E-state index is -0.259. The lowest BCUT2D eigenvalue weighted by atomic mass is 9.92. The van der Waals surface area contributed by atoms with Crippen LogP contribution in [0.25, 0.3) is 0 Å². The van der Waals surface area contributed by atoms with E-state index in [0.29, 0.717) is 8.95 Å². The van der Waals surface area contributed by atoms with E-state index in [2.05, 4.69) is 31.9 Å². The average molecular weight is 400 g/mol. The molecule has 1 aliphatic rings. The van der Waals surface area contributed by atoms with E-state index in [1.54, 1.807) is 0 Å². The van der Waals surface area contributed by atoms with Gasteiger partial charge in [0.05, 0.1) is 21.5 Å². The van der Waals surface area contributed by atoms with E-state index in [1.807, 2.05) is 36.4 Å². The van der Waals surface area contributed by atoms with Gasteiger partial charge < -0.3 is 14.9 Å². The minimum absolute atomic E-state index is 0.0117. The number of benzene rings is 2. The van der Waals surface area contributed by atoms with Gasteiger partial charge in [0.15, 0.2) is 0 Å². The number of hydrogen-bond acceptors (Lipinski definition) is 3. The van der Waals surface area contributed by atoms with E-state index in [1.165, 1.54) is 0 Å². The molecule has 0 spiro atoms. The number of rotatable bonds is 2. The highest BCUT2D eigenvalue weighted by atomic mass is 79.9. The fourth-order valence-corrected chi connectivity index (χ4v) is 3.74. The molecule has 0 aliphatic carbocycles.